The number of carboxylic acids is 1. The molecule has 2 atom stereocenters. The van der Waals surface area contributed by atoms with Crippen molar-refractivity contribution in [2.75, 3.05) is 19.8 Å². The van der Waals surface area contributed by atoms with Crippen LogP contribution in [-0.2, 0) is 21.5 Å². The quantitative estimate of drug-likeness (QED) is 0.904. The summed E-state index contributed by atoms with van der Waals surface area (Å²) in [5.74, 6) is -1.21. The number of nitrogens with zero attached hydrogens (tertiary/aromatic N) is 2. The molecule has 21 heavy (non-hydrogen) atoms. The minimum atomic E-state index is -0.774. The minimum Gasteiger partial charge on any atom is -0.481 e. The van der Waals surface area contributed by atoms with Crippen molar-refractivity contribution in [2.24, 2.45) is 5.92 Å². The smallest absolute Gasteiger partial charge is 0.310 e. The molecule has 1 aliphatic rings. The SMILES string of the molecule is CCN(Cc1csc(C(C)(C)C)n1)C1COCC1C(=O)O. The Kier molecular flexibility index (Phi) is 5.01. The molecule has 1 aromatic heterocycles. The minimum absolute atomic E-state index is 0.0556. The van der Waals surface area contributed by atoms with Crippen LogP contribution in [0.4, 0.5) is 0 Å². The molecule has 0 amide bonds. The zero-order valence-corrected chi connectivity index (χ0v) is 13.9. The van der Waals surface area contributed by atoms with Crippen molar-refractivity contribution in [1.82, 2.24) is 9.88 Å². The first kappa shape index (κ1) is 16.4. The van der Waals surface area contributed by atoms with Crippen molar-refractivity contribution in [2.45, 2.75) is 45.7 Å². The maximum absolute atomic E-state index is 11.3. The molecule has 0 radical (unpaired) electrons. The van der Waals surface area contributed by atoms with Crippen LogP contribution in [-0.4, -0.2) is 46.8 Å². The lowest BCUT2D eigenvalue weighted by Crippen LogP contribution is -2.42. The number of thiazole rings is 1. The largest absolute Gasteiger partial charge is 0.481 e. The van der Waals surface area contributed by atoms with E-state index in [9.17, 15) is 9.90 Å². The van der Waals surface area contributed by atoms with E-state index in [2.05, 4.69) is 31.1 Å². The van der Waals surface area contributed by atoms with Gasteiger partial charge >= 0.3 is 5.97 Å². The lowest BCUT2D eigenvalue weighted by Gasteiger charge is -2.28. The molecule has 6 heteroatoms. The number of aromatic nitrogens is 1. The fraction of sp³-hybridized carbons (Fsp3) is 0.733. The van der Waals surface area contributed by atoms with Gasteiger partial charge in [0.05, 0.1) is 29.8 Å². The van der Waals surface area contributed by atoms with E-state index in [0.29, 0.717) is 19.8 Å². The molecule has 1 fully saturated rings. The van der Waals surface area contributed by atoms with Crippen LogP contribution >= 0.6 is 11.3 Å². The van der Waals surface area contributed by atoms with E-state index in [4.69, 9.17) is 9.72 Å². The Labute approximate surface area is 129 Å². The van der Waals surface area contributed by atoms with Gasteiger partial charge in [0, 0.05) is 23.4 Å². The van der Waals surface area contributed by atoms with Gasteiger partial charge in [-0.2, -0.15) is 0 Å². The standard InChI is InChI=1S/C15H24N2O3S/c1-5-17(12-8-20-7-11(12)13(18)19)6-10-9-21-14(16-10)15(2,3)4/h9,11-12H,5-8H2,1-4H3,(H,18,19). The predicted octanol–water partition coefficient (Wildman–Crippen LogP) is 2.36. The molecule has 1 aromatic rings. The summed E-state index contributed by atoms with van der Waals surface area (Å²) < 4.78 is 5.37. The molecule has 0 bridgehead atoms. The van der Waals surface area contributed by atoms with Crippen LogP contribution in [0.25, 0.3) is 0 Å². The molecule has 1 N–H and O–H groups in total. The molecular formula is C15H24N2O3S. The summed E-state index contributed by atoms with van der Waals surface area (Å²) in [7, 11) is 0. The Morgan fingerprint density at radius 3 is 2.76 bits per heavy atom. The lowest BCUT2D eigenvalue weighted by atomic mass is 9.98. The molecule has 0 spiro atoms. The number of hydrogen-bond acceptors (Lipinski definition) is 5. The monoisotopic (exact) mass is 312 g/mol. The van der Waals surface area contributed by atoms with Crippen LogP contribution in [0.5, 0.6) is 0 Å². The van der Waals surface area contributed by atoms with Crippen LogP contribution in [0.15, 0.2) is 5.38 Å². The number of ether oxygens (including phenoxy) is 1. The first-order valence-corrected chi connectivity index (χ1v) is 8.20. The average molecular weight is 312 g/mol. The van der Waals surface area contributed by atoms with Crippen molar-refractivity contribution >= 4 is 17.3 Å². The summed E-state index contributed by atoms with van der Waals surface area (Å²) in [6.07, 6.45) is 0. The number of rotatable bonds is 5. The van der Waals surface area contributed by atoms with Gasteiger partial charge in [0.25, 0.3) is 0 Å². The molecule has 1 saturated heterocycles. The third kappa shape index (κ3) is 3.81. The summed E-state index contributed by atoms with van der Waals surface area (Å²) >= 11 is 1.67. The molecule has 0 saturated carbocycles. The van der Waals surface area contributed by atoms with E-state index in [1.54, 1.807) is 11.3 Å². The molecule has 0 aliphatic carbocycles. The van der Waals surface area contributed by atoms with Crippen LogP contribution in [0.2, 0.25) is 0 Å². The molecular weight excluding hydrogens is 288 g/mol. The van der Waals surface area contributed by atoms with Crippen molar-refractivity contribution in [3.05, 3.63) is 16.1 Å². The maximum atomic E-state index is 11.3. The Bertz CT molecular complexity index is 495. The molecule has 2 unspecified atom stereocenters. The summed E-state index contributed by atoms with van der Waals surface area (Å²) in [4.78, 5) is 18.2. The first-order chi connectivity index (χ1) is 9.82. The molecule has 118 valence electrons. The highest BCUT2D eigenvalue weighted by atomic mass is 32.1. The zero-order valence-electron chi connectivity index (χ0n) is 13.1. The van der Waals surface area contributed by atoms with Gasteiger partial charge in [0.1, 0.15) is 0 Å². The highest BCUT2D eigenvalue weighted by Gasteiger charge is 2.37. The van der Waals surface area contributed by atoms with Crippen molar-refractivity contribution in [3.8, 4) is 0 Å². The van der Waals surface area contributed by atoms with Gasteiger partial charge in [0.2, 0.25) is 0 Å². The number of carbonyl (C=O) groups is 1. The fourth-order valence-electron chi connectivity index (χ4n) is 2.53. The van der Waals surface area contributed by atoms with Crippen molar-refractivity contribution < 1.29 is 14.6 Å². The van der Waals surface area contributed by atoms with E-state index in [1.165, 1.54) is 0 Å². The van der Waals surface area contributed by atoms with Crippen molar-refractivity contribution in [1.29, 1.82) is 0 Å². The van der Waals surface area contributed by atoms with Gasteiger partial charge in [-0.05, 0) is 6.54 Å². The number of hydrogen-bond donors (Lipinski definition) is 1. The second-order valence-corrected chi connectivity index (χ2v) is 7.36. The van der Waals surface area contributed by atoms with Crippen LogP contribution in [0, 0.1) is 5.92 Å². The average Bonchev–Trinajstić information content (AvgIpc) is 3.03. The Morgan fingerprint density at radius 2 is 2.24 bits per heavy atom. The molecule has 1 aliphatic heterocycles. The summed E-state index contributed by atoms with van der Waals surface area (Å²) in [6, 6.07) is -0.0627. The maximum Gasteiger partial charge on any atom is 0.310 e. The predicted molar refractivity (Wildman–Crippen MR) is 82.6 cm³/mol. The van der Waals surface area contributed by atoms with Crippen LogP contribution in [0.3, 0.4) is 0 Å². The van der Waals surface area contributed by atoms with Gasteiger partial charge < -0.3 is 9.84 Å². The second-order valence-electron chi connectivity index (χ2n) is 6.51. The van der Waals surface area contributed by atoms with Gasteiger partial charge in [-0.3, -0.25) is 9.69 Å². The fourth-order valence-corrected chi connectivity index (χ4v) is 3.43. The highest BCUT2D eigenvalue weighted by molar-refractivity contribution is 7.09. The second kappa shape index (κ2) is 6.42. The Morgan fingerprint density at radius 1 is 1.52 bits per heavy atom. The lowest BCUT2D eigenvalue weighted by molar-refractivity contribution is -0.143. The van der Waals surface area contributed by atoms with E-state index in [0.717, 1.165) is 17.2 Å². The molecule has 2 rings (SSSR count). The molecule has 2 heterocycles. The van der Waals surface area contributed by atoms with Crippen molar-refractivity contribution in [3.63, 3.8) is 0 Å². The first-order valence-electron chi connectivity index (χ1n) is 7.32. The molecule has 5 nitrogen and oxygen atoms in total. The summed E-state index contributed by atoms with van der Waals surface area (Å²) in [6.45, 7) is 10.8. The van der Waals surface area contributed by atoms with E-state index in [-0.39, 0.29) is 11.5 Å². The number of carboxylic acid groups (broad SMARTS) is 1. The van der Waals surface area contributed by atoms with E-state index in [1.807, 2.05) is 6.92 Å². The van der Waals surface area contributed by atoms with Gasteiger partial charge in [-0.1, -0.05) is 27.7 Å². The van der Waals surface area contributed by atoms with E-state index < -0.39 is 11.9 Å². The number of likely N-dealkylation sites (N-methyl/N-ethyl adjacent to an activating group) is 1. The normalized spacial score (nSPS) is 22.9. The van der Waals surface area contributed by atoms with Gasteiger partial charge in [-0.15, -0.1) is 11.3 Å². The highest BCUT2D eigenvalue weighted by Crippen LogP contribution is 2.27. The van der Waals surface area contributed by atoms with Crippen LogP contribution in [0.1, 0.15) is 38.4 Å². The van der Waals surface area contributed by atoms with Gasteiger partial charge in [-0.25, -0.2) is 4.98 Å². The van der Waals surface area contributed by atoms with Crippen LogP contribution < -0.4 is 0 Å². The number of aliphatic carboxylic acids is 1. The summed E-state index contributed by atoms with van der Waals surface area (Å²) in [5, 5.41) is 12.5. The summed E-state index contributed by atoms with van der Waals surface area (Å²) in [5.41, 5.74) is 1.07. The third-order valence-corrected chi connectivity index (χ3v) is 5.12. The topological polar surface area (TPSA) is 62.7 Å². The third-order valence-electron chi connectivity index (χ3n) is 3.80. The zero-order chi connectivity index (χ0) is 15.6. The van der Waals surface area contributed by atoms with E-state index >= 15 is 0 Å². The van der Waals surface area contributed by atoms with Gasteiger partial charge in [0.15, 0.2) is 0 Å². The Hall–Kier alpha value is -0.980. The Balaban J connectivity index is 2.09. The molecule has 0 aromatic carbocycles.